The van der Waals surface area contributed by atoms with Gasteiger partial charge in [-0.15, -0.1) is 6.42 Å². The number of hydrogen-bond acceptors (Lipinski definition) is 6. The summed E-state index contributed by atoms with van der Waals surface area (Å²) < 4.78 is 18.6. The van der Waals surface area contributed by atoms with E-state index >= 15 is 0 Å². The molecule has 0 bridgehead atoms. The Hall–Kier alpha value is -1.27. The van der Waals surface area contributed by atoms with Crippen LogP contribution in [0.2, 0.25) is 0 Å². The number of nitrogens with one attached hydrogen (secondary N) is 1. The van der Waals surface area contributed by atoms with E-state index in [1.807, 2.05) is 13.8 Å². The Morgan fingerprint density at radius 3 is 2.70 bits per heavy atom. The molecule has 1 aromatic heterocycles. The quantitative estimate of drug-likeness (QED) is 0.511. The number of aromatic amines is 1. The smallest absolute Gasteiger partial charge is 0.330 e. The summed E-state index contributed by atoms with van der Waals surface area (Å²) >= 11 is 5.24. The van der Waals surface area contributed by atoms with Crippen LogP contribution in [0.3, 0.4) is 0 Å². The molecule has 0 aliphatic carbocycles. The van der Waals surface area contributed by atoms with Gasteiger partial charge in [-0.1, -0.05) is 19.8 Å². The number of rotatable bonds is 7. The third-order valence-corrected chi connectivity index (χ3v) is 7.55. The van der Waals surface area contributed by atoms with E-state index in [1.54, 1.807) is 13.8 Å². The molecule has 1 unspecified atom stereocenters. The van der Waals surface area contributed by atoms with Crippen molar-refractivity contribution in [2.75, 3.05) is 6.61 Å². The molecule has 4 atom stereocenters. The standard InChI is InChI=1S/C17H25N2O6PS/c1-6-12-8-19(17(21)18-16(12)20)15-7-13(25-26(22,27)11(4)5)14(24-15)9-23-10(2)3/h1,8,10-11,13-15H,7,9H2,2-5H3,(H,22,27)(H,18,20,21)/t13-,14+,15+,26?/m0/s1. The average molecular weight is 416 g/mol. The van der Waals surface area contributed by atoms with Crippen molar-refractivity contribution in [3.05, 3.63) is 32.6 Å². The van der Waals surface area contributed by atoms with E-state index in [1.165, 1.54) is 10.8 Å². The predicted molar refractivity (Wildman–Crippen MR) is 105 cm³/mol. The van der Waals surface area contributed by atoms with E-state index in [-0.39, 0.29) is 30.4 Å². The van der Waals surface area contributed by atoms with Gasteiger partial charge in [-0.25, -0.2) is 4.79 Å². The average Bonchev–Trinajstić information content (AvgIpc) is 2.94. The molecule has 0 spiro atoms. The van der Waals surface area contributed by atoms with Crippen molar-refractivity contribution in [2.45, 2.75) is 64.3 Å². The van der Waals surface area contributed by atoms with E-state index in [0.717, 1.165) is 0 Å². The minimum absolute atomic E-state index is 0.0204. The lowest BCUT2D eigenvalue weighted by molar-refractivity contribution is -0.0714. The summed E-state index contributed by atoms with van der Waals surface area (Å²) in [5, 5.41) is 0. The van der Waals surface area contributed by atoms with Crippen LogP contribution in [-0.4, -0.2) is 45.0 Å². The molecule has 2 rings (SSSR count). The maximum absolute atomic E-state index is 12.2. The van der Waals surface area contributed by atoms with Gasteiger partial charge in [0, 0.05) is 18.3 Å². The van der Waals surface area contributed by atoms with E-state index in [4.69, 9.17) is 32.2 Å². The first kappa shape index (κ1) is 22.0. The first-order valence-electron chi connectivity index (χ1n) is 8.65. The number of nitrogens with zero attached hydrogens (tertiary/aromatic N) is 1. The van der Waals surface area contributed by atoms with Gasteiger partial charge < -0.3 is 18.9 Å². The maximum atomic E-state index is 12.2. The van der Waals surface area contributed by atoms with Crippen molar-refractivity contribution in [3.8, 4) is 12.3 Å². The van der Waals surface area contributed by atoms with E-state index in [9.17, 15) is 14.5 Å². The molecule has 0 radical (unpaired) electrons. The molecule has 0 aromatic carbocycles. The second-order valence-corrected chi connectivity index (χ2v) is 10.8. The van der Waals surface area contributed by atoms with Crippen molar-refractivity contribution in [3.63, 3.8) is 0 Å². The van der Waals surface area contributed by atoms with Crippen LogP contribution in [0.4, 0.5) is 0 Å². The van der Waals surface area contributed by atoms with E-state index < -0.39 is 36.2 Å². The fourth-order valence-corrected chi connectivity index (χ4v) is 3.72. The molecule has 10 heteroatoms. The SMILES string of the molecule is C#Cc1cn([C@H]2C[C@H](OP(O)(=S)C(C)C)[C@@H](COC(C)C)O2)c(=O)[nH]c1=O. The Kier molecular flexibility index (Phi) is 7.20. The number of terminal acetylenes is 1. The van der Waals surface area contributed by atoms with Crippen LogP contribution in [0, 0.1) is 12.3 Å². The third kappa shape index (κ3) is 5.38. The van der Waals surface area contributed by atoms with Crippen LogP contribution in [0.1, 0.15) is 45.9 Å². The van der Waals surface area contributed by atoms with Crippen LogP contribution in [0.5, 0.6) is 0 Å². The summed E-state index contributed by atoms with van der Waals surface area (Å²) in [5.74, 6) is 2.24. The highest BCUT2D eigenvalue weighted by Crippen LogP contribution is 2.51. The highest BCUT2D eigenvalue weighted by atomic mass is 32.5. The van der Waals surface area contributed by atoms with Crippen LogP contribution >= 0.6 is 6.49 Å². The molecular formula is C17H25N2O6PS. The zero-order valence-corrected chi connectivity index (χ0v) is 17.5. The maximum Gasteiger partial charge on any atom is 0.330 e. The van der Waals surface area contributed by atoms with Crippen LogP contribution < -0.4 is 11.2 Å². The largest absolute Gasteiger partial charge is 0.376 e. The lowest BCUT2D eigenvalue weighted by Gasteiger charge is -2.26. The highest BCUT2D eigenvalue weighted by molar-refractivity contribution is 8.09. The lowest BCUT2D eigenvalue weighted by atomic mass is 10.2. The summed E-state index contributed by atoms with van der Waals surface area (Å²) in [6.45, 7) is 4.54. The molecule has 1 aromatic rings. The summed E-state index contributed by atoms with van der Waals surface area (Å²) in [5.41, 5.74) is -1.47. The van der Waals surface area contributed by atoms with Crippen LogP contribution in [-0.2, 0) is 25.8 Å². The van der Waals surface area contributed by atoms with Crippen LogP contribution in [0.25, 0.3) is 0 Å². The van der Waals surface area contributed by atoms with Crippen molar-refractivity contribution in [1.82, 2.24) is 9.55 Å². The first-order valence-corrected chi connectivity index (χ1v) is 11.4. The molecule has 2 heterocycles. The second-order valence-electron chi connectivity index (χ2n) is 6.90. The van der Waals surface area contributed by atoms with Crippen molar-refractivity contribution in [1.29, 1.82) is 0 Å². The molecule has 1 aliphatic rings. The van der Waals surface area contributed by atoms with Gasteiger partial charge in [-0.2, -0.15) is 0 Å². The number of ether oxygens (including phenoxy) is 2. The molecule has 2 N–H and O–H groups in total. The van der Waals surface area contributed by atoms with Gasteiger partial charge in [0.15, 0.2) is 6.49 Å². The van der Waals surface area contributed by atoms with E-state index in [2.05, 4.69) is 10.9 Å². The minimum Gasteiger partial charge on any atom is -0.376 e. The third-order valence-electron chi connectivity index (χ3n) is 4.15. The first-order chi connectivity index (χ1) is 12.5. The van der Waals surface area contributed by atoms with Gasteiger partial charge in [-0.05, 0) is 25.7 Å². The number of aromatic nitrogens is 2. The summed E-state index contributed by atoms with van der Waals surface area (Å²) in [6.07, 6.45) is 5.01. The topological polar surface area (TPSA) is 103 Å². The van der Waals surface area contributed by atoms with Crippen molar-refractivity contribution >= 4 is 18.3 Å². The van der Waals surface area contributed by atoms with Gasteiger partial charge in [-0.3, -0.25) is 14.3 Å². The Bertz CT molecular complexity index is 871. The minimum atomic E-state index is -3.03. The summed E-state index contributed by atoms with van der Waals surface area (Å²) in [6, 6.07) is 0. The van der Waals surface area contributed by atoms with Gasteiger partial charge >= 0.3 is 5.69 Å². The van der Waals surface area contributed by atoms with Gasteiger partial charge in [0.2, 0.25) is 0 Å². The fourth-order valence-electron chi connectivity index (χ4n) is 2.54. The lowest BCUT2D eigenvalue weighted by Crippen LogP contribution is -2.33. The number of hydrogen-bond donors (Lipinski definition) is 2. The predicted octanol–water partition coefficient (Wildman–Crippen LogP) is 1.33. The number of H-pyrrole nitrogens is 1. The zero-order valence-electron chi connectivity index (χ0n) is 15.7. The fraction of sp³-hybridized carbons (Fsp3) is 0.647. The van der Waals surface area contributed by atoms with Gasteiger partial charge in [0.1, 0.15) is 17.9 Å². The molecule has 150 valence electrons. The Morgan fingerprint density at radius 2 is 2.15 bits per heavy atom. The Labute approximate surface area is 163 Å². The molecule has 1 saturated heterocycles. The summed E-state index contributed by atoms with van der Waals surface area (Å²) in [7, 11) is 0. The zero-order chi connectivity index (χ0) is 20.4. The van der Waals surface area contributed by atoms with Crippen molar-refractivity contribution < 1.29 is 18.9 Å². The molecular weight excluding hydrogens is 391 g/mol. The highest BCUT2D eigenvalue weighted by Gasteiger charge is 2.41. The van der Waals surface area contributed by atoms with Gasteiger partial charge in [0.25, 0.3) is 5.56 Å². The van der Waals surface area contributed by atoms with E-state index in [0.29, 0.717) is 0 Å². The Morgan fingerprint density at radius 1 is 1.48 bits per heavy atom. The second kappa shape index (κ2) is 8.82. The Balaban J connectivity index is 2.31. The van der Waals surface area contributed by atoms with Crippen LogP contribution in [0.15, 0.2) is 15.8 Å². The van der Waals surface area contributed by atoms with Crippen molar-refractivity contribution in [2.24, 2.45) is 0 Å². The van der Waals surface area contributed by atoms with Gasteiger partial charge in [0.05, 0.1) is 18.8 Å². The molecule has 27 heavy (non-hydrogen) atoms. The normalized spacial score (nSPS) is 24.9. The monoisotopic (exact) mass is 416 g/mol. The molecule has 0 saturated carbocycles. The molecule has 1 aliphatic heterocycles. The molecule has 0 amide bonds. The molecule has 8 nitrogen and oxygen atoms in total. The molecule has 1 fully saturated rings. The summed E-state index contributed by atoms with van der Waals surface area (Å²) in [4.78, 5) is 36.5.